The van der Waals surface area contributed by atoms with Gasteiger partial charge in [0.05, 0.1) is 38.0 Å². The van der Waals surface area contributed by atoms with E-state index in [9.17, 15) is 9.59 Å². The fourth-order valence-electron chi connectivity index (χ4n) is 2.17. The lowest BCUT2D eigenvalue weighted by atomic mass is 10.1. The quantitative estimate of drug-likeness (QED) is 0.590. The number of hydrogen-bond donors (Lipinski definition) is 2. The Hall–Kier alpha value is -3.55. The number of esters is 1. The number of nitrogens with zero attached hydrogens (tertiary/aromatic N) is 6. The highest BCUT2D eigenvalue weighted by molar-refractivity contribution is 5.95. The maximum absolute atomic E-state index is 12.3. The number of rotatable bonds is 8. The summed E-state index contributed by atoms with van der Waals surface area (Å²) in [5.41, 5.74) is 6.10. The molecule has 1 atom stereocenters. The number of nitrogens with two attached hydrogens (primary N) is 1. The summed E-state index contributed by atoms with van der Waals surface area (Å²) in [5, 5.41) is 22.5. The van der Waals surface area contributed by atoms with Crippen molar-refractivity contribution in [3.05, 3.63) is 29.8 Å². The number of carbonyl (C=O) groups excluding carboxylic acids is 2. The summed E-state index contributed by atoms with van der Waals surface area (Å²) in [6.07, 6.45) is 2.15. The fourth-order valence-corrected chi connectivity index (χ4v) is 2.17. The third-order valence-electron chi connectivity index (χ3n) is 3.51. The van der Waals surface area contributed by atoms with Crippen LogP contribution in [-0.4, -0.2) is 50.2 Å². The normalized spacial score (nSPS) is 11.4. The zero-order chi connectivity index (χ0) is 18.9. The van der Waals surface area contributed by atoms with Crippen molar-refractivity contribution in [2.24, 2.45) is 0 Å². The second kappa shape index (κ2) is 9.07. The lowest BCUT2D eigenvalue weighted by Gasteiger charge is -2.16. The number of methoxy groups -OCH3 is 1. The third kappa shape index (κ3) is 4.97. The molecule has 11 nitrogen and oxygen atoms in total. The van der Waals surface area contributed by atoms with E-state index in [0.717, 1.165) is 0 Å². The van der Waals surface area contributed by atoms with Crippen molar-refractivity contribution in [1.82, 2.24) is 30.5 Å². The average Bonchev–Trinajstić information content (AvgIpc) is 3.10. The molecule has 0 saturated carbocycles. The van der Waals surface area contributed by atoms with Gasteiger partial charge in [-0.2, -0.15) is 5.26 Å². The number of aryl methyl sites for hydroxylation is 2. The molecule has 0 fully saturated rings. The second-order valence-corrected chi connectivity index (χ2v) is 5.29. The van der Waals surface area contributed by atoms with Crippen LogP contribution in [0.2, 0.25) is 0 Å². The van der Waals surface area contributed by atoms with Crippen LogP contribution in [0.5, 0.6) is 0 Å². The number of aromatic nitrogens is 5. The van der Waals surface area contributed by atoms with Gasteiger partial charge in [-0.05, 0) is 29.0 Å². The van der Waals surface area contributed by atoms with E-state index in [-0.39, 0.29) is 18.5 Å². The van der Waals surface area contributed by atoms with Gasteiger partial charge >= 0.3 is 5.97 Å². The summed E-state index contributed by atoms with van der Waals surface area (Å²) in [7, 11) is 1.24. The van der Waals surface area contributed by atoms with Crippen molar-refractivity contribution in [3.8, 4) is 6.07 Å². The molecule has 0 spiro atoms. The van der Waals surface area contributed by atoms with Gasteiger partial charge in [0.25, 0.3) is 5.91 Å². The molecule has 136 valence electrons. The van der Waals surface area contributed by atoms with Gasteiger partial charge in [-0.1, -0.05) is 0 Å². The lowest BCUT2D eigenvalue weighted by Crippen LogP contribution is -2.42. The predicted octanol–water partition coefficient (Wildman–Crippen LogP) is -0.532. The Bertz CT molecular complexity index is 796. The van der Waals surface area contributed by atoms with Crippen LogP contribution in [0, 0.1) is 11.3 Å². The van der Waals surface area contributed by atoms with E-state index in [4.69, 9.17) is 15.7 Å². The van der Waals surface area contributed by atoms with Crippen LogP contribution in [0.4, 0.5) is 5.69 Å². The summed E-state index contributed by atoms with van der Waals surface area (Å²) in [4.78, 5) is 28.1. The van der Waals surface area contributed by atoms with E-state index >= 15 is 0 Å². The van der Waals surface area contributed by atoms with Gasteiger partial charge in [-0.3, -0.25) is 4.79 Å². The molecule has 11 heteroatoms. The Labute approximate surface area is 149 Å². The van der Waals surface area contributed by atoms with Crippen molar-refractivity contribution in [1.29, 1.82) is 5.26 Å². The molecule has 0 bridgehead atoms. The standard InChI is InChI=1S/C15H18N8O3/c1-26-15(25)12(19-14(24)11-4-3-10(17)9-18-11)5-6-13-20-21-22-23(13)8-2-7-16/h3-4,9,12H,2,5-6,8,17H2,1H3,(H,19,24)/t12-/m0/s1. The Morgan fingerprint density at radius 1 is 1.46 bits per heavy atom. The van der Waals surface area contributed by atoms with Crippen molar-refractivity contribution in [3.63, 3.8) is 0 Å². The Kier molecular flexibility index (Phi) is 6.55. The molecule has 2 aromatic heterocycles. The number of nitriles is 1. The Balaban J connectivity index is 2.02. The van der Waals surface area contributed by atoms with Gasteiger partial charge < -0.3 is 15.8 Å². The number of nitrogens with one attached hydrogen (secondary N) is 1. The molecule has 2 heterocycles. The second-order valence-electron chi connectivity index (χ2n) is 5.29. The number of nitrogen functional groups attached to an aromatic ring is 1. The summed E-state index contributed by atoms with van der Waals surface area (Å²) in [6, 6.07) is 4.11. The van der Waals surface area contributed by atoms with Crippen LogP contribution < -0.4 is 11.1 Å². The molecule has 0 aliphatic heterocycles. The van der Waals surface area contributed by atoms with Crippen molar-refractivity contribution in [2.45, 2.75) is 31.8 Å². The highest BCUT2D eigenvalue weighted by Gasteiger charge is 2.23. The minimum Gasteiger partial charge on any atom is -0.467 e. The number of anilines is 1. The predicted molar refractivity (Wildman–Crippen MR) is 88.3 cm³/mol. The first-order chi connectivity index (χ1) is 12.5. The zero-order valence-electron chi connectivity index (χ0n) is 14.1. The van der Waals surface area contributed by atoms with Crippen LogP contribution in [0.3, 0.4) is 0 Å². The van der Waals surface area contributed by atoms with Crippen molar-refractivity contribution in [2.75, 3.05) is 12.8 Å². The molecule has 0 aliphatic rings. The SMILES string of the molecule is COC(=O)[C@H](CCc1nnnn1CCC#N)NC(=O)c1ccc(N)cn1. The molecule has 0 saturated heterocycles. The Morgan fingerprint density at radius 3 is 2.92 bits per heavy atom. The monoisotopic (exact) mass is 358 g/mol. The average molecular weight is 358 g/mol. The minimum atomic E-state index is -0.895. The molecule has 0 radical (unpaired) electrons. The molecule has 1 amide bonds. The van der Waals surface area contributed by atoms with Gasteiger partial charge in [0.15, 0.2) is 5.82 Å². The zero-order valence-corrected chi connectivity index (χ0v) is 14.1. The third-order valence-corrected chi connectivity index (χ3v) is 3.51. The number of tetrazole rings is 1. The summed E-state index contributed by atoms with van der Waals surface area (Å²) < 4.78 is 6.22. The minimum absolute atomic E-state index is 0.131. The van der Waals surface area contributed by atoms with E-state index in [0.29, 0.717) is 24.5 Å². The number of pyridine rings is 1. The van der Waals surface area contributed by atoms with E-state index in [1.54, 1.807) is 6.07 Å². The van der Waals surface area contributed by atoms with Crippen molar-refractivity contribution < 1.29 is 14.3 Å². The topological polar surface area (TPSA) is 162 Å². The number of ether oxygens (including phenoxy) is 1. The van der Waals surface area contributed by atoms with E-state index in [2.05, 4.69) is 25.8 Å². The molecule has 0 aromatic carbocycles. The van der Waals surface area contributed by atoms with Crippen LogP contribution >= 0.6 is 0 Å². The molecule has 0 aliphatic carbocycles. The maximum Gasteiger partial charge on any atom is 0.328 e. The number of carbonyl (C=O) groups is 2. The van der Waals surface area contributed by atoms with Gasteiger partial charge in [0, 0.05) is 6.42 Å². The highest BCUT2D eigenvalue weighted by atomic mass is 16.5. The van der Waals surface area contributed by atoms with Gasteiger partial charge in [0.1, 0.15) is 11.7 Å². The highest BCUT2D eigenvalue weighted by Crippen LogP contribution is 2.06. The van der Waals surface area contributed by atoms with E-state index in [1.807, 2.05) is 6.07 Å². The first kappa shape index (κ1) is 18.8. The van der Waals surface area contributed by atoms with Crippen LogP contribution in [0.15, 0.2) is 18.3 Å². The molecular weight excluding hydrogens is 340 g/mol. The van der Waals surface area contributed by atoms with E-state index in [1.165, 1.54) is 24.1 Å². The summed E-state index contributed by atoms with van der Waals surface area (Å²) in [5.74, 6) is -0.608. The number of amides is 1. The largest absolute Gasteiger partial charge is 0.467 e. The molecular formula is C15H18N8O3. The maximum atomic E-state index is 12.3. The summed E-state index contributed by atoms with van der Waals surface area (Å²) in [6.45, 7) is 0.351. The molecule has 2 rings (SSSR count). The number of hydrogen-bond acceptors (Lipinski definition) is 9. The van der Waals surface area contributed by atoms with Gasteiger partial charge in [-0.25, -0.2) is 14.5 Å². The van der Waals surface area contributed by atoms with Crippen LogP contribution in [0.1, 0.15) is 29.2 Å². The molecule has 0 unspecified atom stereocenters. The van der Waals surface area contributed by atoms with Crippen LogP contribution in [-0.2, 0) is 22.5 Å². The van der Waals surface area contributed by atoms with Gasteiger partial charge in [0.2, 0.25) is 0 Å². The van der Waals surface area contributed by atoms with E-state index < -0.39 is 17.9 Å². The van der Waals surface area contributed by atoms with Gasteiger partial charge in [-0.15, -0.1) is 5.10 Å². The van der Waals surface area contributed by atoms with Crippen LogP contribution in [0.25, 0.3) is 0 Å². The summed E-state index contributed by atoms with van der Waals surface area (Å²) >= 11 is 0. The molecule has 2 aromatic rings. The first-order valence-electron chi connectivity index (χ1n) is 7.77. The lowest BCUT2D eigenvalue weighted by molar-refractivity contribution is -0.143. The smallest absolute Gasteiger partial charge is 0.328 e. The fraction of sp³-hybridized carbons (Fsp3) is 0.400. The first-order valence-corrected chi connectivity index (χ1v) is 7.77. The molecule has 26 heavy (non-hydrogen) atoms. The molecule has 3 N–H and O–H groups in total. The van der Waals surface area contributed by atoms with Crippen molar-refractivity contribution >= 4 is 17.6 Å². The Morgan fingerprint density at radius 2 is 2.27 bits per heavy atom.